The summed E-state index contributed by atoms with van der Waals surface area (Å²) in [5, 5.41) is 10.3. The zero-order chi connectivity index (χ0) is 14.9. The molecule has 0 bridgehead atoms. The average molecular weight is 280 g/mol. The monoisotopic (exact) mass is 280 g/mol. The molecule has 2 rings (SSSR count). The van der Waals surface area contributed by atoms with E-state index in [1.807, 2.05) is 0 Å². The van der Waals surface area contributed by atoms with Crippen LogP contribution in [0, 0.1) is 35.0 Å². The Labute approximate surface area is 126 Å². The van der Waals surface area contributed by atoms with Gasteiger partial charge in [0.2, 0.25) is 0 Å². The fourth-order valence-electron chi connectivity index (χ4n) is 5.18. The normalized spacial score (nSPS) is 40.6. The molecule has 0 radical (unpaired) electrons. The lowest BCUT2D eigenvalue weighted by Gasteiger charge is -2.45. The minimum absolute atomic E-state index is 0.0134. The van der Waals surface area contributed by atoms with Crippen molar-refractivity contribution < 1.29 is 5.11 Å². The number of aliphatic hydroxyl groups is 1. The molecule has 6 atom stereocenters. The molecule has 0 saturated heterocycles. The van der Waals surface area contributed by atoms with Crippen LogP contribution in [0.1, 0.15) is 79.6 Å². The Kier molecular flexibility index (Phi) is 5.21. The molecule has 0 aromatic rings. The fraction of sp³-hybridized carbons (Fsp3) is 1.00. The first kappa shape index (κ1) is 16.3. The van der Waals surface area contributed by atoms with Crippen molar-refractivity contribution in [3.63, 3.8) is 0 Å². The maximum absolute atomic E-state index is 10.3. The molecule has 0 heterocycles. The molecule has 2 saturated carbocycles. The number of fused-ring (bicyclic) bond motifs is 1. The maximum atomic E-state index is 10.3. The van der Waals surface area contributed by atoms with Crippen LogP contribution >= 0.6 is 0 Å². The molecular formula is C19H36O. The first-order valence-corrected chi connectivity index (χ1v) is 9.04. The van der Waals surface area contributed by atoms with Crippen LogP contribution in [0.25, 0.3) is 0 Å². The molecule has 0 aromatic carbocycles. The first-order valence-electron chi connectivity index (χ1n) is 9.04. The van der Waals surface area contributed by atoms with Gasteiger partial charge in [-0.2, -0.15) is 0 Å². The van der Waals surface area contributed by atoms with E-state index in [4.69, 9.17) is 0 Å². The third-order valence-corrected chi connectivity index (χ3v) is 7.06. The zero-order valence-electron chi connectivity index (χ0n) is 14.4. The summed E-state index contributed by atoms with van der Waals surface area (Å²) in [5.41, 5.74) is 0.429. The molecule has 2 fully saturated rings. The Bertz CT molecular complexity index is 311. The van der Waals surface area contributed by atoms with Crippen molar-refractivity contribution in [2.24, 2.45) is 35.0 Å². The van der Waals surface area contributed by atoms with Gasteiger partial charge in [-0.05, 0) is 60.7 Å². The van der Waals surface area contributed by atoms with Gasteiger partial charge in [-0.15, -0.1) is 0 Å². The van der Waals surface area contributed by atoms with E-state index in [9.17, 15) is 5.11 Å². The van der Waals surface area contributed by atoms with Crippen molar-refractivity contribution in [3.05, 3.63) is 0 Å². The van der Waals surface area contributed by atoms with Gasteiger partial charge in [-0.1, -0.05) is 53.9 Å². The van der Waals surface area contributed by atoms with E-state index in [-0.39, 0.29) is 6.10 Å². The van der Waals surface area contributed by atoms with Gasteiger partial charge in [-0.3, -0.25) is 0 Å². The van der Waals surface area contributed by atoms with Gasteiger partial charge in [0.1, 0.15) is 0 Å². The number of hydrogen-bond acceptors (Lipinski definition) is 1. The van der Waals surface area contributed by atoms with E-state index >= 15 is 0 Å². The van der Waals surface area contributed by atoms with Crippen LogP contribution in [0.15, 0.2) is 0 Å². The van der Waals surface area contributed by atoms with E-state index in [2.05, 4.69) is 34.6 Å². The summed E-state index contributed by atoms with van der Waals surface area (Å²) in [6, 6.07) is 0. The molecule has 1 heteroatoms. The third-order valence-electron chi connectivity index (χ3n) is 7.06. The third kappa shape index (κ3) is 3.08. The molecule has 0 aromatic heterocycles. The van der Waals surface area contributed by atoms with Crippen LogP contribution in [0.2, 0.25) is 0 Å². The SMILES string of the molecule is CC(C)C(C)CCC(C)C1CCC2C(O)CCC[C@]12C. The summed E-state index contributed by atoms with van der Waals surface area (Å²) in [6.45, 7) is 12.1. The average Bonchev–Trinajstić information content (AvgIpc) is 2.74. The largest absolute Gasteiger partial charge is 0.393 e. The lowest BCUT2D eigenvalue weighted by atomic mass is 9.61. The van der Waals surface area contributed by atoms with Crippen molar-refractivity contribution in [2.45, 2.75) is 85.7 Å². The van der Waals surface area contributed by atoms with E-state index < -0.39 is 0 Å². The second-order valence-corrected chi connectivity index (χ2v) is 8.53. The molecule has 118 valence electrons. The number of aliphatic hydroxyl groups excluding tert-OH is 1. The second kappa shape index (κ2) is 6.38. The quantitative estimate of drug-likeness (QED) is 0.727. The zero-order valence-corrected chi connectivity index (χ0v) is 14.4. The van der Waals surface area contributed by atoms with Gasteiger partial charge in [0, 0.05) is 0 Å². The Balaban J connectivity index is 1.95. The van der Waals surface area contributed by atoms with Crippen LogP contribution in [-0.2, 0) is 0 Å². The first-order chi connectivity index (χ1) is 9.36. The minimum Gasteiger partial charge on any atom is -0.393 e. The molecule has 0 amide bonds. The smallest absolute Gasteiger partial charge is 0.0573 e. The highest BCUT2D eigenvalue weighted by molar-refractivity contribution is 5.01. The molecule has 1 N–H and O–H groups in total. The summed E-state index contributed by atoms with van der Waals surface area (Å²) in [5.74, 6) is 3.93. The summed E-state index contributed by atoms with van der Waals surface area (Å²) in [6.07, 6.45) is 9.00. The van der Waals surface area contributed by atoms with Gasteiger partial charge in [0.15, 0.2) is 0 Å². The molecule has 0 aliphatic heterocycles. The van der Waals surface area contributed by atoms with Gasteiger partial charge in [0.05, 0.1) is 6.10 Å². The standard InChI is InChI=1S/C19H36O/c1-13(2)14(3)8-9-15(4)16-10-11-17-18(20)7-6-12-19(16,17)5/h13-18,20H,6-12H2,1-5H3/t14?,15?,16?,17?,18?,19-/m1/s1. The molecule has 20 heavy (non-hydrogen) atoms. The van der Waals surface area contributed by atoms with Crippen LogP contribution in [0.4, 0.5) is 0 Å². The number of hydrogen-bond donors (Lipinski definition) is 1. The molecule has 0 spiro atoms. The van der Waals surface area contributed by atoms with Crippen molar-refractivity contribution in [3.8, 4) is 0 Å². The Morgan fingerprint density at radius 3 is 2.40 bits per heavy atom. The Morgan fingerprint density at radius 2 is 1.75 bits per heavy atom. The molecule has 2 aliphatic carbocycles. The molecule has 2 aliphatic rings. The summed E-state index contributed by atoms with van der Waals surface area (Å²) >= 11 is 0. The lowest BCUT2D eigenvalue weighted by molar-refractivity contribution is -0.0281. The predicted molar refractivity (Wildman–Crippen MR) is 86.6 cm³/mol. The highest BCUT2D eigenvalue weighted by Crippen LogP contribution is 2.58. The Morgan fingerprint density at radius 1 is 1.05 bits per heavy atom. The van der Waals surface area contributed by atoms with Gasteiger partial charge >= 0.3 is 0 Å². The van der Waals surface area contributed by atoms with E-state index in [1.165, 1.54) is 38.5 Å². The molecule has 1 nitrogen and oxygen atoms in total. The molecule has 5 unspecified atom stereocenters. The van der Waals surface area contributed by atoms with Crippen molar-refractivity contribution in [2.75, 3.05) is 0 Å². The van der Waals surface area contributed by atoms with Gasteiger partial charge < -0.3 is 5.11 Å². The highest BCUT2D eigenvalue weighted by atomic mass is 16.3. The van der Waals surface area contributed by atoms with Crippen LogP contribution in [0.5, 0.6) is 0 Å². The van der Waals surface area contributed by atoms with Gasteiger partial charge in [-0.25, -0.2) is 0 Å². The van der Waals surface area contributed by atoms with Crippen LogP contribution in [0.3, 0.4) is 0 Å². The summed E-state index contributed by atoms with van der Waals surface area (Å²) < 4.78 is 0. The highest BCUT2D eigenvalue weighted by Gasteiger charge is 2.51. The Hall–Kier alpha value is -0.0400. The summed E-state index contributed by atoms with van der Waals surface area (Å²) in [4.78, 5) is 0. The van der Waals surface area contributed by atoms with Crippen molar-refractivity contribution >= 4 is 0 Å². The van der Waals surface area contributed by atoms with Crippen molar-refractivity contribution in [1.82, 2.24) is 0 Å². The number of rotatable bonds is 5. The second-order valence-electron chi connectivity index (χ2n) is 8.53. The summed E-state index contributed by atoms with van der Waals surface area (Å²) in [7, 11) is 0. The fourth-order valence-corrected chi connectivity index (χ4v) is 5.18. The van der Waals surface area contributed by atoms with Crippen LogP contribution < -0.4 is 0 Å². The van der Waals surface area contributed by atoms with E-state index in [0.29, 0.717) is 11.3 Å². The predicted octanol–water partition coefficient (Wildman–Crippen LogP) is 5.27. The topological polar surface area (TPSA) is 20.2 Å². The maximum Gasteiger partial charge on any atom is 0.0573 e. The molecular weight excluding hydrogens is 244 g/mol. The van der Waals surface area contributed by atoms with E-state index in [1.54, 1.807) is 0 Å². The lowest BCUT2D eigenvalue weighted by Crippen LogP contribution is -2.41. The minimum atomic E-state index is -0.0134. The van der Waals surface area contributed by atoms with E-state index in [0.717, 1.165) is 30.1 Å². The van der Waals surface area contributed by atoms with Crippen molar-refractivity contribution in [1.29, 1.82) is 0 Å². The van der Waals surface area contributed by atoms with Gasteiger partial charge in [0.25, 0.3) is 0 Å². The van der Waals surface area contributed by atoms with Crippen LogP contribution in [-0.4, -0.2) is 11.2 Å².